The van der Waals surface area contributed by atoms with Crippen LogP contribution in [-0.2, 0) is 0 Å². The summed E-state index contributed by atoms with van der Waals surface area (Å²) in [5, 5.41) is 2.78. The van der Waals surface area contributed by atoms with Gasteiger partial charge in [0.05, 0.1) is 12.8 Å². The molecule has 0 aliphatic carbocycles. The van der Waals surface area contributed by atoms with Gasteiger partial charge < -0.3 is 21.5 Å². The highest BCUT2D eigenvalue weighted by atomic mass is 16.5. The van der Waals surface area contributed by atoms with Gasteiger partial charge in [0.2, 0.25) is 0 Å². The molecule has 0 aromatic heterocycles. The van der Waals surface area contributed by atoms with Gasteiger partial charge in [0.25, 0.3) is 5.91 Å². The number of ether oxygens (including phenoxy) is 1. The first-order valence-corrected chi connectivity index (χ1v) is 6.11. The van der Waals surface area contributed by atoms with Crippen molar-refractivity contribution in [2.24, 2.45) is 0 Å². The van der Waals surface area contributed by atoms with Gasteiger partial charge in [0, 0.05) is 16.9 Å². The Kier molecular flexibility index (Phi) is 3.79. The van der Waals surface area contributed by atoms with E-state index in [4.69, 9.17) is 16.2 Å². The van der Waals surface area contributed by atoms with Crippen molar-refractivity contribution in [1.29, 1.82) is 0 Å². The maximum Gasteiger partial charge on any atom is 0.255 e. The number of aryl methyl sites for hydroxylation is 1. The van der Waals surface area contributed by atoms with Gasteiger partial charge in [0.1, 0.15) is 5.75 Å². The summed E-state index contributed by atoms with van der Waals surface area (Å²) < 4.78 is 5.25. The van der Waals surface area contributed by atoms with E-state index in [1.54, 1.807) is 31.4 Å². The molecular weight excluding hydrogens is 254 g/mol. The van der Waals surface area contributed by atoms with E-state index in [-0.39, 0.29) is 5.91 Å². The number of nitrogens with one attached hydrogen (secondary N) is 1. The van der Waals surface area contributed by atoms with Crippen LogP contribution in [-0.4, -0.2) is 13.0 Å². The molecule has 5 heteroatoms. The molecule has 5 nitrogen and oxygen atoms in total. The zero-order valence-electron chi connectivity index (χ0n) is 11.4. The molecule has 2 aromatic carbocycles. The number of carbonyl (C=O) groups is 1. The Morgan fingerprint density at radius 3 is 2.35 bits per heavy atom. The van der Waals surface area contributed by atoms with Crippen molar-refractivity contribution in [3.63, 3.8) is 0 Å². The van der Waals surface area contributed by atoms with Crippen molar-refractivity contribution >= 4 is 23.0 Å². The van der Waals surface area contributed by atoms with Crippen LogP contribution in [0.2, 0.25) is 0 Å². The molecule has 0 spiro atoms. The van der Waals surface area contributed by atoms with Crippen molar-refractivity contribution in [2.75, 3.05) is 23.9 Å². The number of hydrogen-bond donors (Lipinski definition) is 3. The van der Waals surface area contributed by atoms with Crippen molar-refractivity contribution in [3.8, 4) is 5.75 Å². The smallest absolute Gasteiger partial charge is 0.255 e. The molecule has 0 fully saturated rings. The Morgan fingerprint density at radius 2 is 1.75 bits per heavy atom. The lowest BCUT2D eigenvalue weighted by atomic mass is 10.1. The first-order valence-electron chi connectivity index (χ1n) is 6.11. The molecule has 2 rings (SSSR count). The minimum atomic E-state index is -0.286. The van der Waals surface area contributed by atoms with E-state index in [9.17, 15) is 4.79 Å². The van der Waals surface area contributed by atoms with E-state index < -0.39 is 0 Å². The molecule has 0 aliphatic heterocycles. The SMILES string of the molecule is COc1cc(C)ccc1NC(=O)c1cc(N)cc(N)c1. The highest BCUT2D eigenvalue weighted by molar-refractivity contribution is 6.06. The van der Waals surface area contributed by atoms with Gasteiger partial charge in [0.15, 0.2) is 0 Å². The summed E-state index contributed by atoms with van der Waals surface area (Å²) in [5.74, 6) is 0.321. The fourth-order valence-corrected chi connectivity index (χ4v) is 1.90. The molecule has 2 aromatic rings. The van der Waals surface area contributed by atoms with Gasteiger partial charge in [-0.3, -0.25) is 4.79 Å². The van der Waals surface area contributed by atoms with Crippen molar-refractivity contribution in [2.45, 2.75) is 6.92 Å². The minimum absolute atomic E-state index is 0.286. The zero-order valence-corrected chi connectivity index (χ0v) is 11.4. The van der Waals surface area contributed by atoms with E-state index in [0.717, 1.165) is 5.56 Å². The van der Waals surface area contributed by atoms with Gasteiger partial charge in [-0.25, -0.2) is 0 Å². The molecular formula is C15H17N3O2. The van der Waals surface area contributed by atoms with Crippen LogP contribution >= 0.6 is 0 Å². The molecule has 0 unspecified atom stereocenters. The summed E-state index contributed by atoms with van der Waals surface area (Å²) >= 11 is 0. The number of methoxy groups -OCH3 is 1. The minimum Gasteiger partial charge on any atom is -0.495 e. The summed E-state index contributed by atoms with van der Waals surface area (Å²) in [4.78, 5) is 12.2. The fraction of sp³-hybridized carbons (Fsp3) is 0.133. The Balaban J connectivity index is 2.27. The molecule has 1 amide bonds. The van der Waals surface area contributed by atoms with E-state index in [0.29, 0.717) is 28.4 Å². The lowest BCUT2D eigenvalue weighted by Crippen LogP contribution is -2.13. The summed E-state index contributed by atoms with van der Waals surface area (Å²) in [6.45, 7) is 1.95. The lowest BCUT2D eigenvalue weighted by Gasteiger charge is -2.11. The average Bonchev–Trinajstić information content (AvgIpc) is 2.39. The number of nitrogen functional groups attached to an aromatic ring is 2. The Bertz CT molecular complexity index is 633. The predicted molar refractivity (Wildman–Crippen MR) is 81.0 cm³/mol. The van der Waals surface area contributed by atoms with E-state index in [1.807, 2.05) is 19.1 Å². The molecule has 0 saturated carbocycles. The second kappa shape index (κ2) is 5.52. The number of amides is 1. The van der Waals surface area contributed by atoms with Gasteiger partial charge >= 0.3 is 0 Å². The lowest BCUT2D eigenvalue weighted by molar-refractivity contribution is 0.102. The largest absolute Gasteiger partial charge is 0.495 e. The Morgan fingerprint density at radius 1 is 1.10 bits per heavy atom. The quantitative estimate of drug-likeness (QED) is 0.748. The van der Waals surface area contributed by atoms with Crippen molar-refractivity contribution in [3.05, 3.63) is 47.5 Å². The predicted octanol–water partition coefficient (Wildman–Crippen LogP) is 2.42. The molecule has 0 heterocycles. The third-order valence-electron chi connectivity index (χ3n) is 2.85. The Labute approximate surface area is 117 Å². The number of carbonyl (C=O) groups excluding carboxylic acids is 1. The molecule has 0 radical (unpaired) electrons. The maximum atomic E-state index is 12.2. The van der Waals surface area contributed by atoms with Gasteiger partial charge in [-0.15, -0.1) is 0 Å². The standard InChI is InChI=1S/C15H17N3O2/c1-9-3-4-13(14(5-9)20-2)18-15(19)10-6-11(16)8-12(17)7-10/h3-8H,16-17H2,1-2H3,(H,18,19). The number of hydrogen-bond acceptors (Lipinski definition) is 4. The van der Waals surface area contributed by atoms with Crippen LogP contribution in [0.15, 0.2) is 36.4 Å². The normalized spacial score (nSPS) is 10.1. The molecule has 0 aliphatic rings. The van der Waals surface area contributed by atoms with Gasteiger partial charge in [-0.05, 0) is 42.8 Å². The van der Waals surface area contributed by atoms with Crippen LogP contribution in [0.1, 0.15) is 15.9 Å². The van der Waals surface area contributed by atoms with Crippen molar-refractivity contribution < 1.29 is 9.53 Å². The van der Waals surface area contributed by atoms with Crippen LogP contribution in [0.5, 0.6) is 5.75 Å². The third-order valence-corrected chi connectivity index (χ3v) is 2.85. The molecule has 20 heavy (non-hydrogen) atoms. The maximum absolute atomic E-state index is 12.2. The van der Waals surface area contributed by atoms with E-state index >= 15 is 0 Å². The molecule has 104 valence electrons. The van der Waals surface area contributed by atoms with Gasteiger partial charge in [-0.2, -0.15) is 0 Å². The third kappa shape index (κ3) is 3.00. The van der Waals surface area contributed by atoms with Crippen LogP contribution in [0.3, 0.4) is 0 Å². The van der Waals surface area contributed by atoms with Crippen LogP contribution in [0.4, 0.5) is 17.1 Å². The summed E-state index contributed by atoms with van der Waals surface area (Å²) in [6, 6.07) is 10.3. The monoisotopic (exact) mass is 271 g/mol. The fourth-order valence-electron chi connectivity index (χ4n) is 1.90. The average molecular weight is 271 g/mol. The number of benzene rings is 2. The second-order valence-electron chi connectivity index (χ2n) is 4.55. The molecule has 0 saturated heterocycles. The molecule has 0 atom stereocenters. The van der Waals surface area contributed by atoms with Crippen LogP contribution in [0, 0.1) is 6.92 Å². The first-order chi connectivity index (χ1) is 9.49. The molecule has 0 bridgehead atoms. The van der Waals surface area contributed by atoms with E-state index in [1.165, 1.54) is 0 Å². The van der Waals surface area contributed by atoms with Crippen LogP contribution < -0.4 is 21.5 Å². The number of rotatable bonds is 3. The summed E-state index contributed by atoms with van der Waals surface area (Å²) in [6.07, 6.45) is 0. The molecule has 5 N–H and O–H groups in total. The highest BCUT2D eigenvalue weighted by Crippen LogP contribution is 2.26. The summed E-state index contributed by atoms with van der Waals surface area (Å²) in [7, 11) is 1.56. The first kappa shape index (κ1) is 13.7. The van der Waals surface area contributed by atoms with Crippen LogP contribution in [0.25, 0.3) is 0 Å². The zero-order chi connectivity index (χ0) is 14.7. The highest BCUT2D eigenvalue weighted by Gasteiger charge is 2.11. The van der Waals surface area contributed by atoms with Gasteiger partial charge in [-0.1, -0.05) is 6.07 Å². The van der Waals surface area contributed by atoms with Crippen molar-refractivity contribution in [1.82, 2.24) is 0 Å². The van der Waals surface area contributed by atoms with E-state index in [2.05, 4.69) is 5.32 Å². The second-order valence-corrected chi connectivity index (χ2v) is 4.55. The Hall–Kier alpha value is -2.69. The summed E-state index contributed by atoms with van der Waals surface area (Å²) in [5.41, 5.74) is 14.3. The number of nitrogens with two attached hydrogens (primary N) is 2. The number of anilines is 3. The topological polar surface area (TPSA) is 90.4 Å².